The Morgan fingerprint density at radius 3 is 2.83 bits per heavy atom. The van der Waals surface area contributed by atoms with E-state index >= 15 is 0 Å². The number of allylic oxidation sites excluding steroid dienone is 1. The van der Waals surface area contributed by atoms with Crippen LogP contribution in [-0.4, -0.2) is 40.7 Å². The number of aromatic amines is 1. The highest BCUT2D eigenvalue weighted by Crippen LogP contribution is 2.33. The number of nitriles is 1. The van der Waals surface area contributed by atoms with Gasteiger partial charge >= 0.3 is 0 Å². The number of hydrogen-bond donors (Lipinski definition) is 4. The second-order valence-electron chi connectivity index (χ2n) is 9.40. The fourth-order valence-corrected chi connectivity index (χ4v) is 4.53. The molecule has 0 saturated carbocycles. The van der Waals surface area contributed by atoms with Crippen molar-refractivity contribution >= 4 is 41.4 Å². The third kappa shape index (κ3) is 5.95. The highest BCUT2D eigenvalue weighted by molar-refractivity contribution is 6.34. The Labute approximate surface area is 230 Å². The molecule has 3 heterocycles. The van der Waals surface area contributed by atoms with Gasteiger partial charge in [-0.1, -0.05) is 36.4 Å². The van der Waals surface area contributed by atoms with Crippen molar-refractivity contribution in [2.45, 2.75) is 19.1 Å². The largest absolute Gasteiger partial charge is 0.349 e. The van der Waals surface area contributed by atoms with Crippen molar-refractivity contribution in [2.75, 3.05) is 11.9 Å². The molecular weight excluding hydrogens is 509 g/mol. The lowest BCUT2D eigenvalue weighted by molar-refractivity contribution is -0.125. The molecule has 9 nitrogen and oxygen atoms in total. The molecule has 1 aromatic heterocycles. The van der Waals surface area contributed by atoms with Gasteiger partial charge in [-0.25, -0.2) is 9.37 Å². The Morgan fingerprint density at radius 1 is 1.25 bits per heavy atom. The standard InChI is InChI=1S/C30H26FN7O2/c1-18(21-5-7-22(31)8-6-21)37-30(40)26-11-20(14-32)15-35-28(26)34-10-2-3-19-4-9-24-25(13-23-16-33-17-36-23)29(39)38-27(24)12-19/h2-9,11-13,15-18,26,28,34H,10H2,1H3,(H,33,36)(H,37,40)(H,38,39)/b3-2+,25-13-/t18-,26?,28?/m0/s1. The summed E-state index contributed by atoms with van der Waals surface area (Å²) in [6.45, 7) is 2.22. The van der Waals surface area contributed by atoms with Crippen LogP contribution in [0.5, 0.6) is 0 Å². The van der Waals surface area contributed by atoms with Crippen LogP contribution in [0.2, 0.25) is 0 Å². The first-order chi connectivity index (χ1) is 19.4. The van der Waals surface area contributed by atoms with Gasteiger partial charge in [-0.15, -0.1) is 0 Å². The quantitative estimate of drug-likeness (QED) is 0.324. The van der Waals surface area contributed by atoms with Gasteiger partial charge in [0.2, 0.25) is 5.91 Å². The smallest absolute Gasteiger partial charge is 0.256 e. The number of aliphatic imine (C=N–C) groups is 1. The molecule has 3 atom stereocenters. The molecule has 0 fully saturated rings. The van der Waals surface area contributed by atoms with E-state index in [1.165, 1.54) is 18.3 Å². The summed E-state index contributed by atoms with van der Waals surface area (Å²) in [5, 5.41) is 18.4. The number of fused-ring (bicyclic) bond motifs is 1. The van der Waals surface area contributed by atoms with Gasteiger partial charge in [0.15, 0.2) is 0 Å². The van der Waals surface area contributed by atoms with Crippen LogP contribution < -0.4 is 16.0 Å². The number of carbonyl (C=O) groups is 2. The van der Waals surface area contributed by atoms with Gasteiger partial charge in [0.1, 0.15) is 18.1 Å². The van der Waals surface area contributed by atoms with Crippen molar-refractivity contribution in [3.05, 3.63) is 101 Å². The minimum absolute atomic E-state index is 0.176. The SMILES string of the molecule is C[C@H](NC(=O)C1C=C(C#N)C=NC1NC/C=C/c1ccc2c(c1)NC(=O)/C2=C\c1cnc[nH]1)c1ccc(F)cc1. The van der Waals surface area contributed by atoms with Crippen LogP contribution in [0.4, 0.5) is 10.1 Å². The zero-order valence-corrected chi connectivity index (χ0v) is 21.6. The number of rotatable bonds is 8. The van der Waals surface area contributed by atoms with Crippen LogP contribution in [-0.2, 0) is 9.59 Å². The molecule has 0 aliphatic carbocycles. The maximum absolute atomic E-state index is 13.3. The van der Waals surface area contributed by atoms with Gasteiger partial charge in [-0.2, -0.15) is 5.26 Å². The van der Waals surface area contributed by atoms with Crippen molar-refractivity contribution in [1.29, 1.82) is 5.26 Å². The molecule has 5 rings (SSSR count). The Hall–Kier alpha value is -5.14. The van der Waals surface area contributed by atoms with Crippen molar-refractivity contribution in [3.63, 3.8) is 0 Å². The van der Waals surface area contributed by atoms with Gasteiger partial charge < -0.3 is 15.6 Å². The van der Waals surface area contributed by atoms with Crippen LogP contribution in [0.15, 0.2) is 77.7 Å². The number of halogens is 1. The van der Waals surface area contributed by atoms with E-state index < -0.39 is 12.1 Å². The Kier molecular flexibility index (Phi) is 7.75. The summed E-state index contributed by atoms with van der Waals surface area (Å²) < 4.78 is 13.3. The van der Waals surface area contributed by atoms with Crippen molar-refractivity contribution in [1.82, 2.24) is 20.6 Å². The summed E-state index contributed by atoms with van der Waals surface area (Å²) in [5.74, 6) is -1.52. The van der Waals surface area contributed by atoms with E-state index in [2.05, 4.69) is 30.9 Å². The first kappa shape index (κ1) is 26.5. The van der Waals surface area contributed by atoms with Gasteiger partial charge in [0.25, 0.3) is 5.91 Å². The molecule has 0 saturated heterocycles. The van der Waals surface area contributed by atoms with E-state index in [0.717, 1.165) is 28.1 Å². The fourth-order valence-electron chi connectivity index (χ4n) is 4.53. The molecule has 0 spiro atoms. The minimum atomic E-state index is -0.703. The maximum Gasteiger partial charge on any atom is 0.256 e. The minimum Gasteiger partial charge on any atom is -0.349 e. The van der Waals surface area contributed by atoms with Crippen molar-refractivity contribution in [2.24, 2.45) is 10.9 Å². The van der Waals surface area contributed by atoms with Crippen LogP contribution in [0.25, 0.3) is 17.7 Å². The van der Waals surface area contributed by atoms with Gasteiger partial charge in [0.05, 0.1) is 41.3 Å². The third-order valence-corrected chi connectivity index (χ3v) is 6.64. The highest BCUT2D eigenvalue weighted by atomic mass is 19.1. The van der Waals surface area contributed by atoms with Gasteiger partial charge in [0, 0.05) is 24.0 Å². The average Bonchev–Trinajstić information content (AvgIpc) is 3.58. The number of aromatic nitrogens is 2. The summed E-state index contributed by atoms with van der Waals surface area (Å²) >= 11 is 0. The first-order valence-corrected chi connectivity index (χ1v) is 12.7. The molecule has 10 heteroatoms. The number of imidazole rings is 1. The van der Waals surface area contributed by atoms with E-state index in [4.69, 9.17) is 0 Å². The molecule has 2 amide bonds. The van der Waals surface area contributed by atoms with Crippen LogP contribution >= 0.6 is 0 Å². The predicted molar refractivity (Wildman–Crippen MR) is 151 cm³/mol. The third-order valence-electron chi connectivity index (χ3n) is 6.64. The average molecular weight is 536 g/mol. The Morgan fingerprint density at radius 2 is 2.08 bits per heavy atom. The molecule has 2 unspecified atom stereocenters. The van der Waals surface area contributed by atoms with Gasteiger partial charge in [-0.05, 0) is 48.4 Å². The van der Waals surface area contributed by atoms with E-state index in [1.54, 1.807) is 36.8 Å². The Balaban J connectivity index is 1.22. The molecule has 40 heavy (non-hydrogen) atoms. The molecule has 2 aliphatic heterocycles. The van der Waals surface area contributed by atoms with Crippen LogP contribution in [0, 0.1) is 23.1 Å². The second-order valence-corrected chi connectivity index (χ2v) is 9.40. The topological polar surface area (TPSA) is 135 Å². The lowest BCUT2D eigenvalue weighted by atomic mass is 9.98. The number of benzene rings is 2. The number of nitrogens with one attached hydrogen (secondary N) is 4. The molecule has 200 valence electrons. The summed E-state index contributed by atoms with van der Waals surface area (Å²) in [7, 11) is 0. The summed E-state index contributed by atoms with van der Waals surface area (Å²) in [6, 6.07) is 13.3. The van der Waals surface area contributed by atoms with E-state index in [0.29, 0.717) is 17.7 Å². The molecule has 2 aliphatic rings. The highest BCUT2D eigenvalue weighted by Gasteiger charge is 2.29. The lowest BCUT2D eigenvalue weighted by Crippen LogP contribution is -2.45. The normalized spacial score (nSPS) is 19.7. The molecule has 2 aromatic carbocycles. The summed E-state index contributed by atoms with van der Waals surface area (Å²) in [5.41, 5.74) is 4.82. The molecular formula is C30H26FN7O2. The molecule has 4 N–H and O–H groups in total. The van der Waals surface area contributed by atoms with E-state index in [-0.39, 0.29) is 23.7 Å². The predicted octanol–water partition coefficient (Wildman–Crippen LogP) is 4.00. The second kappa shape index (κ2) is 11.7. The monoisotopic (exact) mass is 535 g/mol. The summed E-state index contributed by atoms with van der Waals surface area (Å²) in [4.78, 5) is 36.9. The molecule has 0 radical (unpaired) electrons. The zero-order valence-electron chi connectivity index (χ0n) is 21.6. The number of H-pyrrole nitrogens is 1. The van der Waals surface area contributed by atoms with Crippen molar-refractivity contribution in [3.8, 4) is 6.07 Å². The lowest BCUT2D eigenvalue weighted by Gasteiger charge is -2.26. The number of amides is 2. The van der Waals surface area contributed by atoms with E-state index in [1.807, 2.05) is 43.3 Å². The van der Waals surface area contributed by atoms with Crippen molar-refractivity contribution < 1.29 is 14.0 Å². The van der Waals surface area contributed by atoms with E-state index in [9.17, 15) is 19.2 Å². The Bertz CT molecular complexity index is 1580. The number of hydrogen-bond acceptors (Lipinski definition) is 6. The zero-order chi connectivity index (χ0) is 28.1. The first-order valence-electron chi connectivity index (χ1n) is 12.7. The summed E-state index contributed by atoms with van der Waals surface area (Å²) in [6.07, 6.45) is 11.2. The molecule has 3 aromatic rings. The molecule has 0 bridgehead atoms. The van der Waals surface area contributed by atoms with Gasteiger partial charge in [-0.3, -0.25) is 19.9 Å². The number of nitrogens with zero attached hydrogens (tertiary/aromatic N) is 3. The fraction of sp³-hybridized carbons (Fsp3) is 0.167. The van der Waals surface area contributed by atoms with Crippen LogP contribution in [0.1, 0.15) is 35.3 Å². The van der Waals surface area contributed by atoms with Crippen LogP contribution in [0.3, 0.4) is 0 Å². The maximum atomic E-state index is 13.3. The number of carbonyl (C=O) groups excluding carboxylic acids is 2. The number of anilines is 1. The number of dihydropyridines is 1.